The maximum absolute atomic E-state index is 13.8. The van der Waals surface area contributed by atoms with Crippen molar-refractivity contribution in [2.24, 2.45) is 0 Å². The molecule has 46 heavy (non-hydrogen) atoms. The van der Waals surface area contributed by atoms with E-state index in [-0.39, 0.29) is 23.1 Å². The Morgan fingerprint density at radius 1 is 1.04 bits per heavy atom. The molecule has 1 fully saturated rings. The fraction of sp³-hybridized carbons (Fsp3) is 0.235. The molecule has 0 spiro atoms. The van der Waals surface area contributed by atoms with Gasteiger partial charge in [0.25, 0.3) is 5.78 Å². The summed E-state index contributed by atoms with van der Waals surface area (Å²) in [4.78, 5) is 28.8. The van der Waals surface area contributed by atoms with Crippen molar-refractivity contribution >= 4 is 45.7 Å². The largest absolute Gasteiger partial charge is 0.507 e. The number of ether oxygens (including phenoxy) is 4. The van der Waals surface area contributed by atoms with Gasteiger partial charge in [-0.1, -0.05) is 71.6 Å². The van der Waals surface area contributed by atoms with E-state index in [9.17, 15) is 14.7 Å². The van der Waals surface area contributed by atoms with Crippen LogP contribution in [0.3, 0.4) is 0 Å². The third-order valence-corrected chi connectivity index (χ3v) is 9.41. The number of ketones is 1. The van der Waals surface area contributed by atoms with E-state index < -0.39 is 17.7 Å². The summed E-state index contributed by atoms with van der Waals surface area (Å²) in [5.74, 6) is 0.463. The zero-order valence-corrected chi connectivity index (χ0v) is 26.9. The molecule has 1 N–H and O–H groups in total. The minimum Gasteiger partial charge on any atom is -0.507 e. The zero-order valence-electron chi connectivity index (χ0n) is 25.2. The average molecular weight is 658 g/mol. The number of carbonyl (C=O) groups is 2. The van der Waals surface area contributed by atoms with Crippen LogP contribution in [-0.2, 0) is 15.3 Å². The first-order valence-electron chi connectivity index (χ1n) is 14.6. The number of aryl methyl sites for hydroxylation is 1. The molecule has 0 saturated carbocycles. The molecule has 0 aliphatic carbocycles. The molecule has 0 radical (unpaired) electrons. The maximum Gasteiger partial charge on any atom is 0.301 e. The first-order valence-corrected chi connectivity index (χ1v) is 16.4. The molecule has 1 atom stereocenters. The topological polar surface area (TPSA) is 120 Å². The van der Waals surface area contributed by atoms with Gasteiger partial charge >= 0.3 is 5.91 Å². The van der Waals surface area contributed by atoms with Crippen molar-refractivity contribution in [2.45, 2.75) is 30.0 Å². The molecule has 3 heterocycles. The van der Waals surface area contributed by atoms with Gasteiger partial charge in [-0.25, -0.2) is 0 Å². The Balaban J connectivity index is 1.42. The average Bonchev–Trinajstić information content (AvgIpc) is 3.65. The number of fused-ring (bicyclic) bond motifs is 1. The van der Waals surface area contributed by atoms with E-state index in [0.717, 1.165) is 5.56 Å². The number of hydrogen-bond donors (Lipinski definition) is 1. The van der Waals surface area contributed by atoms with Crippen molar-refractivity contribution < 1.29 is 33.6 Å². The van der Waals surface area contributed by atoms with Crippen LogP contribution in [0.25, 0.3) is 5.76 Å². The van der Waals surface area contributed by atoms with Crippen molar-refractivity contribution in [2.75, 3.05) is 31.3 Å². The highest BCUT2D eigenvalue weighted by atomic mass is 32.2. The summed E-state index contributed by atoms with van der Waals surface area (Å²) in [6, 6.07) is 17.2. The summed E-state index contributed by atoms with van der Waals surface area (Å²) in [6.45, 7) is 8.95. The Bertz CT molecular complexity index is 1820. The molecule has 236 valence electrons. The normalized spacial score (nSPS) is 16.8. The predicted molar refractivity (Wildman–Crippen MR) is 176 cm³/mol. The van der Waals surface area contributed by atoms with E-state index in [4.69, 9.17) is 18.9 Å². The van der Waals surface area contributed by atoms with E-state index in [1.807, 2.05) is 26.0 Å². The van der Waals surface area contributed by atoms with Gasteiger partial charge in [0.1, 0.15) is 25.6 Å². The number of amides is 1. The lowest BCUT2D eigenvalue weighted by atomic mass is 9.95. The Morgan fingerprint density at radius 3 is 2.59 bits per heavy atom. The Labute approximate surface area is 274 Å². The molecule has 2 aliphatic rings. The third kappa shape index (κ3) is 6.31. The van der Waals surface area contributed by atoms with E-state index in [1.165, 1.54) is 33.6 Å². The molecule has 1 amide bonds. The van der Waals surface area contributed by atoms with Crippen LogP contribution in [0.2, 0.25) is 0 Å². The lowest BCUT2D eigenvalue weighted by molar-refractivity contribution is -0.132. The molecule has 2 aliphatic heterocycles. The molecule has 3 aromatic carbocycles. The number of nitrogens with zero attached hydrogens (tertiary/aromatic N) is 3. The first-order chi connectivity index (χ1) is 22.4. The molecule has 0 unspecified atom stereocenters. The smallest absolute Gasteiger partial charge is 0.301 e. The second-order valence-corrected chi connectivity index (χ2v) is 12.6. The van der Waals surface area contributed by atoms with Crippen LogP contribution in [-0.4, -0.2) is 53.4 Å². The van der Waals surface area contributed by atoms with E-state index in [1.54, 1.807) is 42.5 Å². The number of rotatable bonds is 11. The standard InChI is InChI=1S/C34H31N3O7S2/c1-4-14-42-24-12-10-22(17-26(24)41-5-2)29-28(30(38)23-11-13-25-27(18-23)44-16-15-43-25)31(39)32(40)37(29)33-35-36-34(46-33)45-19-21-8-6-20(3)7-9-21/h4,6-13,17-18,29,38H,1,5,14-16,19H2,2-3H3/t29-/m0/s1. The number of carbonyl (C=O) groups excluding carboxylic acids is 2. The summed E-state index contributed by atoms with van der Waals surface area (Å²) in [6.07, 6.45) is 1.62. The van der Waals surface area contributed by atoms with Gasteiger partial charge < -0.3 is 24.1 Å². The van der Waals surface area contributed by atoms with Crippen molar-refractivity contribution in [1.29, 1.82) is 0 Å². The van der Waals surface area contributed by atoms with Gasteiger partial charge in [0.2, 0.25) is 5.13 Å². The number of thioether (sulfide) groups is 1. The van der Waals surface area contributed by atoms with Crippen LogP contribution in [0.5, 0.6) is 23.0 Å². The molecule has 10 nitrogen and oxygen atoms in total. The van der Waals surface area contributed by atoms with Crippen molar-refractivity contribution in [1.82, 2.24) is 10.2 Å². The fourth-order valence-corrected chi connectivity index (χ4v) is 6.93. The Hall–Kier alpha value is -4.81. The van der Waals surface area contributed by atoms with E-state index in [2.05, 4.69) is 28.9 Å². The minimum absolute atomic E-state index is 0.104. The number of aromatic nitrogens is 2. The van der Waals surface area contributed by atoms with Gasteiger partial charge in [-0.15, -0.1) is 10.2 Å². The van der Waals surface area contributed by atoms with Crippen LogP contribution >= 0.6 is 23.1 Å². The highest BCUT2D eigenvalue weighted by Crippen LogP contribution is 2.46. The maximum atomic E-state index is 13.8. The van der Waals surface area contributed by atoms with Crippen molar-refractivity contribution in [3.05, 3.63) is 101 Å². The summed E-state index contributed by atoms with van der Waals surface area (Å²) >= 11 is 2.68. The van der Waals surface area contributed by atoms with Crippen LogP contribution < -0.4 is 23.8 Å². The fourth-order valence-electron chi connectivity index (χ4n) is 5.11. The zero-order chi connectivity index (χ0) is 32.2. The number of benzene rings is 3. The number of aliphatic hydroxyl groups is 1. The van der Waals surface area contributed by atoms with Crippen LogP contribution in [0.1, 0.15) is 35.2 Å². The minimum atomic E-state index is -1.04. The van der Waals surface area contributed by atoms with Gasteiger partial charge in [-0.3, -0.25) is 14.5 Å². The van der Waals surface area contributed by atoms with Crippen molar-refractivity contribution in [3.8, 4) is 23.0 Å². The van der Waals surface area contributed by atoms with E-state index in [0.29, 0.717) is 64.0 Å². The summed E-state index contributed by atoms with van der Waals surface area (Å²) in [5.41, 5.74) is 3.00. The highest BCUT2D eigenvalue weighted by molar-refractivity contribution is 8.00. The molecule has 0 bridgehead atoms. The quantitative estimate of drug-likeness (QED) is 0.0478. The molecule has 1 aromatic heterocycles. The molecule has 4 aromatic rings. The van der Waals surface area contributed by atoms with Crippen molar-refractivity contribution in [3.63, 3.8) is 0 Å². The Kier molecular flexibility index (Phi) is 9.27. The number of anilines is 1. The molecule has 1 saturated heterocycles. The third-order valence-electron chi connectivity index (χ3n) is 7.28. The lowest BCUT2D eigenvalue weighted by Gasteiger charge is -2.24. The molecular weight excluding hydrogens is 627 g/mol. The Morgan fingerprint density at radius 2 is 1.83 bits per heavy atom. The van der Waals surface area contributed by atoms with Gasteiger partial charge in [-0.05, 0) is 55.3 Å². The van der Waals surface area contributed by atoms with Gasteiger partial charge in [0.05, 0.1) is 18.2 Å². The molecular formula is C34H31N3O7S2. The second-order valence-electron chi connectivity index (χ2n) is 10.4. The number of Topliss-reactive ketones (excluding diaryl/α,β-unsaturated/α-hetero) is 1. The van der Waals surface area contributed by atoms with E-state index >= 15 is 0 Å². The predicted octanol–water partition coefficient (Wildman–Crippen LogP) is 6.50. The summed E-state index contributed by atoms with van der Waals surface area (Å²) < 4.78 is 23.6. The van der Waals surface area contributed by atoms with Crippen LogP contribution in [0.4, 0.5) is 5.13 Å². The monoisotopic (exact) mass is 657 g/mol. The molecule has 12 heteroatoms. The van der Waals surface area contributed by atoms with Gasteiger partial charge in [-0.2, -0.15) is 0 Å². The lowest BCUT2D eigenvalue weighted by Crippen LogP contribution is -2.29. The SMILES string of the molecule is C=CCOc1ccc([C@H]2C(=C(O)c3ccc4c(c3)OCCO4)C(=O)C(=O)N2c2nnc(SCc3ccc(C)cc3)s2)cc1OCC. The second kappa shape index (κ2) is 13.7. The van der Waals surface area contributed by atoms with Gasteiger partial charge in [0.15, 0.2) is 27.3 Å². The summed E-state index contributed by atoms with van der Waals surface area (Å²) in [5, 5.41) is 20.5. The van der Waals surface area contributed by atoms with Crippen LogP contribution in [0, 0.1) is 6.92 Å². The number of aliphatic hydroxyl groups excluding tert-OH is 1. The molecule has 6 rings (SSSR count). The number of hydrogen-bond acceptors (Lipinski definition) is 11. The summed E-state index contributed by atoms with van der Waals surface area (Å²) in [7, 11) is 0. The first kappa shape index (κ1) is 31.2. The van der Waals surface area contributed by atoms with Crippen LogP contribution in [0.15, 0.2) is 83.2 Å². The van der Waals surface area contributed by atoms with Gasteiger partial charge in [0, 0.05) is 11.3 Å². The highest BCUT2D eigenvalue weighted by Gasteiger charge is 2.48.